The molecule has 7 heteroatoms. The molecule has 0 bridgehead atoms. The van der Waals surface area contributed by atoms with E-state index in [1.54, 1.807) is 6.92 Å². The molecule has 0 saturated heterocycles. The van der Waals surface area contributed by atoms with Crippen molar-refractivity contribution in [2.75, 3.05) is 0 Å². The quantitative estimate of drug-likeness (QED) is 0.727. The Kier molecular flexibility index (Phi) is 3.50. The first-order valence-corrected chi connectivity index (χ1v) is 7.18. The lowest BCUT2D eigenvalue weighted by atomic mass is 9.94. The second-order valence-corrected chi connectivity index (χ2v) is 6.15. The smallest absolute Gasteiger partial charge is 0.257 e. The van der Waals surface area contributed by atoms with Crippen molar-refractivity contribution in [2.45, 2.75) is 49.8 Å². The molecule has 1 aliphatic carbocycles. The van der Waals surface area contributed by atoms with Crippen LogP contribution < -0.4 is 4.72 Å². The van der Waals surface area contributed by atoms with Crippen LogP contribution in [0.15, 0.2) is 11.2 Å². The predicted octanol–water partition coefficient (Wildman–Crippen LogP) is 0.300. The highest BCUT2D eigenvalue weighted by Gasteiger charge is 2.26. The van der Waals surface area contributed by atoms with Gasteiger partial charge in [0.25, 0.3) is 10.0 Å². The van der Waals surface area contributed by atoms with Gasteiger partial charge in [-0.05, 0) is 32.6 Å². The zero-order valence-electron chi connectivity index (χ0n) is 9.68. The molecule has 1 aliphatic rings. The van der Waals surface area contributed by atoms with Gasteiger partial charge in [0.2, 0.25) is 0 Å². The Morgan fingerprint density at radius 2 is 2.29 bits per heavy atom. The summed E-state index contributed by atoms with van der Waals surface area (Å²) in [6, 6.07) is -0.188. The standard InChI is InChI=1S/C10H17N3O3S/c1-7-11-6-10(12-7)17(15,16)13-8-3-2-4-9(14)5-8/h6,8-9,13-14H,2-5H2,1H3,(H,11,12). The number of hydrogen-bond acceptors (Lipinski definition) is 4. The van der Waals surface area contributed by atoms with Gasteiger partial charge in [0.05, 0.1) is 12.3 Å². The number of nitrogens with one attached hydrogen (secondary N) is 2. The molecule has 0 radical (unpaired) electrons. The fourth-order valence-electron chi connectivity index (χ4n) is 2.09. The molecule has 1 fully saturated rings. The fourth-order valence-corrected chi connectivity index (χ4v) is 3.34. The van der Waals surface area contributed by atoms with Crippen LogP contribution in [0.1, 0.15) is 31.5 Å². The molecule has 1 saturated carbocycles. The van der Waals surface area contributed by atoms with Gasteiger partial charge in [0.15, 0.2) is 5.03 Å². The van der Waals surface area contributed by atoms with Crippen molar-refractivity contribution in [1.29, 1.82) is 0 Å². The van der Waals surface area contributed by atoms with Gasteiger partial charge in [0, 0.05) is 6.04 Å². The minimum Gasteiger partial charge on any atom is -0.393 e. The van der Waals surface area contributed by atoms with Gasteiger partial charge in [-0.15, -0.1) is 0 Å². The van der Waals surface area contributed by atoms with Crippen molar-refractivity contribution >= 4 is 10.0 Å². The molecule has 2 atom stereocenters. The summed E-state index contributed by atoms with van der Waals surface area (Å²) < 4.78 is 26.5. The highest BCUT2D eigenvalue weighted by Crippen LogP contribution is 2.20. The molecule has 0 aliphatic heterocycles. The van der Waals surface area contributed by atoms with Crippen LogP contribution in [-0.2, 0) is 10.0 Å². The topological polar surface area (TPSA) is 95.1 Å². The number of aryl methyl sites for hydroxylation is 1. The van der Waals surface area contributed by atoms with E-state index in [2.05, 4.69) is 14.7 Å². The van der Waals surface area contributed by atoms with E-state index in [1.807, 2.05) is 0 Å². The molecule has 1 aromatic heterocycles. The maximum absolute atomic E-state index is 12.0. The van der Waals surface area contributed by atoms with Gasteiger partial charge in [-0.2, -0.15) is 0 Å². The molecular weight excluding hydrogens is 242 g/mol. The van der Waals surface area contributed by atoms with Crippen molar-refractivity contribution in [1.82, 2.24) is 14.7 Å². The molecule has 2 unspecified atom stereocenters. The van der Waals surface area contributed by atoms with E-state index in [4.69, 9.17) is 0 Å². The number of sulfonamides is 1. The van der Waals surface area contributed by atoms with Crippen LogP contribution >= 0.6 is 0 Å². The van der Waals surface area contributed by atoms with Crippen LogP contribution in [0.2, 0.25) is 0 Å². The summed E-state index contributed by atoms with van der Waals surface area (Å²) in [7, 11) is -3.54. The molecule has 0 spiro atoms. The van der Waals surface area contributed by atoms with Gasteiger partial charge in [-0.3, -0.25) is 0 Å². The zero-order valence-corrected chi connectivity index (χ0v) is 10.5. The summed E-state index contributed by atoms with van der Waals surface area (Å²) in [4.78, 5) is 6.56. The van der Waals surface area contributed by atoms with E-state index in [0.29, 0.717) is 12.2 Å². The Labute approximate surface area is 101 Å². The summed E-state index contributed by atoms with van der Waals surface area (Å²) in [6.07, 6.45) is 3.74. The molecule has 6 nitrogen and oxygen atoms in total. The van der Waals surface area contributed by atoms with Crippen molar-refractivity contribution in [3.05, 3.63) is 12.0 Å². The summed E-state index contributed by atoms with van der Waals surface area (Å²) in [5, 5.41) is 9.57. The molecule has 3 N–H and O–H groups in total. The van der Waals surface area contributed by atoms with Crippen molar-refractivity contribution in [3.63, 3.8) is 0 Å². The van der Waals surface area contributed by atoms with E-state index in [-0.39, 0.29) is 11.1 Å². The van der Waals surface area contributed by atoms with Gasteiger partial charge in [-0.25, -0.2) is 18.1 Å². The highest BCUT2D eigenvalue weighted by molar-refractivity contribution is 7.89. The number of H-pyrrole nitrogens is 1. The van der Waals surface area contributed by atoms with Crippen molar-refractivity contribution in [3.8, 4) is 0 Å². The monoisotopic (exact) mass is 259 g/mol. The van der Waals surface area contributed by atoms with Crippen molar-refractivity contribution < 1.29 is 13.5 Å². The Hall–Kier alpha value is -0.920. The molecule has 0 aromatic carbocycles. The molecule has 2 rings (SSSR count). The lowest BCUT2D eigenvalue weighted by Crippen LogP contribution is -2.39. The average Bonchev–Trinajstić information content (AvgIpc) is 2.65. The van der Waals surface area contributed by atoms with Gasteiger partial charge >= 0.3 is 0 Å². The summed E-state index contributed by atoms with van der Waals surface area (Å²) in [6.45, 7) is 1.70. The average molecular weight is 259 g/mol. The second kappa shape index (κ2) is 4.75. The van der Waals surface area contributed by atoms with Crippen LogP contribution in [0.5, 0.6) is 0 Å². The molecule has 1 heterocycles. The lowest BCUT2D eigenvalue weighted by Gasteiger charge is -2.26. The predicted molar refractivity (Wildman–Crippen MR) is 61.9 cm³/mol. The Balaban J connectivity index is 2.07. The number of aromatic nitrogens is 2. The van der Waals surface area contributed by atoms with Gasteiger partial charge < -0.3 is 10.1 Å². The maximum atomic E-state index is 12.0. The molecule has 1 aromatic rings. The molecule has 96 valence electrons. The summed E-state index contributed by atoms with van der Waals surface area (Å²) in [5.41, 5.74) is 0. The zero-order chi connectivity index (χ0) is 12.5. The molecular formula is C10H17N3O3S. The fraction of sp³-hybridized carbons (Fsp3) is 0.700. The van der Waals surface area contributed by atoms with Gasteiger partial charge in [-0.1, -0.05) is 0 Å². The van der Waals surface area contributed by atoms with E-state index in [0.717, 1.165) is 19.3 Å². The minimum absolute atomic E-state index is 0.0788. The van der Waals surface area contributed by atoms with Crippen LogP contribution in [0.3, 0.4) is 0 Å². The third kappa shape index (κ3) is 3.05. The summed E-state index contributed by atoms with van der Waals surface area (Å²) in [5.74, 6) is 0.564. The first-order chi connectivity index (χ1) is 7.97. The van der Waals surface area contributed by atoms with Crippen LogP contribution in [0, 0.1) is 6.92 Å². The Morgan fingerprint density at radius 3 is 2.88 bits per heavy atom. The number of nitrogens with zero attached hydrogens (tertiary/aromatic N) is 1. The third-order valence-corrected chi connectivity index (χ3v) is 4.37. The van der Waals surface area contributed by atoms with E-state index in [1.165, 1.54) is 6.20 Å². The Morgan fingerprint density at radius 1 is 1.53 bits per heavy atom. The lowest BCUT2D eigenvalue weighted by molar-refractivity contribution is 0.117. The summed E-state index contributed by atoms with van der Waals surface area (Å²) >= 11 is 0. The van der Waals surface area contributed by atoms with Crippen LogP contribution in [0.25, 0.3) is 0 Å². The maximum Gasteiger partial charge on any atom is 0.257 e. The van der Waals surface area contributed by atoms with E-state index >= 15 is 0 Å². The number of imidazole rings is 1. The molecule has 0 amide bonds. The number of hydrogen-bond donors (Lipinski definition) is 3. The van der Waals surface area contributed by atoms with Crippen molar-refractivity contribution in [2.24, 2.45) is 0 Å². The normalized spacial score (nSPS) is 26.0. The molecule has 17 heavy (non-hydrogen) atoms. The largest absolute Gasteiger partial charge is 0.393 e. The Bertz CT molecular complexity index is 483. The van der Waals surface area contributed by atoms with Crippen LogP contribution in [0.4, 0.5) is 0 Å². The van der Waals surface area contributed by atoms with E-state index in [9.17, 15) is 13.5 Å². The number of rotatable bonds is 3. The SMILES string of the molecule is Cc1ncc(S(=O)(=O)NC2CCCC(O)C2)[nH]1. The number of aliphatic hydroxyl groups is 1. The third-order valence-electron chi connectivity index (χ3n) is 2.94. The van der Waals surface area contributed by atoms with Gasteiger partial charge in [0.1, 0.15) is 5.82 Å². The van der Waals surface area contributed by atoms with E-state index < -0.39 is 16.1 Å². The highest BCUT2D eigenvalue weighted by atomic mass is 32.2. The first kappa shape index (κ1) is 12.5. The minimum atomic E-state index is -3.54. The second-order valence-electron chi connectivity index (χ2n) is 4.47. The van der Waals surface area contributed by atoms with Crippen LogP contribution in [-0.4, -0.2) is 35.6 Å². The number of aliphatic hydroxyl groups excluding tert-OH is 1. The number of aromatic amines is 1. The first-order valence-electron chi connectivity index (χ1n) is 5.69.